The third kappa shape index (κ3) is 5.30. The molecular formula is C30H28F3NO4. The van der Waals surface area contributed by atoms with Crippen LogP contribution in [0.1, 0.15) is 47.7 Å². The van der Waals surface area contributed by atoms with Gasteiger partial charge in [-0.25, -0.2) is 0 Å². The maximum Gasteiger partial charge on any atom is 0.416 e. The molecule has 1 saturated heterocycles. The molecule has 1 amide bonds. The molecule has 4 rings (SSSR count). The van der Waals surface area contributed by atoms with Crippen molar-refractivity contribution >= 4 is 23.1 Å². The molecule has 1 aliphatic rings. The molecular weight excluding hydrogens is 495 g/mol. The second kappa shape index (κ2) is 10.4. The van der Waals surface area contributed by atoms with E-state index in [-0.39, 0.29) is 11.3 Å². The highest BCUT2D eigenvalue weighted by molar-refractivity contribution is 6.51. The van der Waals surface area contributed by atoms with Gasteiger partial charge in [0.05, 0.1) is 23.8 Å². The summed E-state index contributed by atoms with van der Waals surface area (Å²) in [5.74, 6) is -1.49. The highest BCUT2D eigenvalue weighted by Crippen LogP contribution is 2.43. The van der Waals surface area contributed by atoms with E-state index in [1.54, 1.807) is 43.3 Å². The normalized spacial score (nSPS) is 17.4. The highest BCUT2D eigenvalue weighted by atomic mass is 19.4. The van der Waals surface area contributed by atoms with Crippen molar-refractivity contribution in [3.8, 4) is 5.75 Å². The quantitative estimate of drug-likeness (QED) is 0.215. The standard InChI is InChI=1S/C30H28F3NO4/c1-17(2)16-38-24-12-11-21(14-19(24)4)27(35)25-26(20-8-5-7-18(3)13-20)34(29(37)28(25)36)23-10-6-9-22(15-23)30(31,32)33/h5-15,17,26,35H,16H2,1-4H3/b27-25+. The number of amides is 1. The Morgan fingerprint density at radius 3 is 2.34 bits per heavy atom. The Labute approximate surface area is 219 Å². The van der Waals surface area contributed by atoms with Crippen LogP contribution in [-0.4, -0.2) is 23.4 Å². The van der Waals surface area contributed by atoms with Gasteiger partial charge in [-0.2, -0.15) is 13.2 Å². The number of aliphatic hydroxyl groups is 1. The first-order valence-electron chi connectivity index (χ1n) is 12.2. The minimum Gasteiger partial charge on any atom is -0.507 e. The Bertz CT molecular complexity index is 1420. The zero-order valence-electron chi connectivity index (χ0n) is 21.5. The van der Waals surface area contributed by atoms with Crippen LogP contribution in [0.4, 0.5) is 18.9 Å². The van der Waals surface area contributed by atoms with Crippen LogP contribution in [0.25, 0.3) is 5.76 Å². The molecule has 0 aliphatic carbocycles. The fourth-order valence-electron chi connectivity index (χ4n) is 4.46. The van der Waals surface area contributed by atoms with Gasteiger partial charge in [0.2, 0.25) is 0 Å². The zero-order valence-corrected chi connectivity index (χ0v) is 21.5. The third-order valence-corrected chi connectivity index (χ3v) is 6.27. The summed E-state index contributed by atoms with van der Waals surface area (Å²) >= 11 is 0. The number of hydrogen-bond donors (Lipinski definition) is 1. The van der Waals surface area contributed by atoms with Crippen molar-refractivity contribution in [3.63, 3.8) is 0 Å². The molecule has 0 aromatic heterocycles. The van der Waals surface area contributed by atoms with Crippen LogP contribution in [0.2, 0.25) is 0 Å². The summed E-state index contributed by atoms with van der Waals surface area (Å²) in [5.41, 5.74) is 1.06. The fraction of sp³-hybridized carbons (Fsp3) is 0.267. The van der Waals surface area contributed by atoms with Crippen LogP contribution in [0.15, 0.2) is 72.3 Å². The summed E-state index contributed by atoms with van der Waals surface area (Å²) in [4.78, 5) is 27.6. The zero-order chi connectivity index (χ0) is 27.8. The molecule has 8 heteroatoms. The van der Waals surface area contributed by atoms with Gasteiger partial charge in [0.1, 0.15) is 11.5 Å². The molecule has 1 heterocycles. The second-order valence-electron chi connectivity index (χ2n) is 9.82. The van der Waals surface area contributed by atoms with Crippen LogP contribution in [0.3, 0.4) is 0 Å². The Hall–Kier alpha value is -4.07. The number of aliphatic hydroxyl groups excluding tert-OH is 1. The minimum atomic E-state index is -4.64. The first-order valence-corrected chi connectivity index (χ1v) is 12.2. The lowest BCUT2D eigenvalue weighted by atomic mass is 9.93. The Balaban J connectivity index is 1.88. The van der Waals surface area contributed by atoms with E-state index in [9.17, 15) is 27.9 Å². The largest absolute Gasteiger partial charge is 0.507 e. The van der Waals surface area contributed by atoms with E-state index >= 15 is 0 Å². The van der Waals surface area contributed by atoms with Gasteiger partial charge in [0, 0.05) is 11.3 Å². The lowest BCUT2D eigenvalue weighted by Crippen LogP contribution is -2.29. The van der Waals surface area contributed by atoms with Gasteiger partial charge in [-0.05, 0) is 67.3 Å². The van der Waals surface area contributed by atoms with Crippen molar-refractivity contribution in [2.75, 3.05) is 11.5 Å². The molecule has 5 nitrogen and oxygen atoms in total. The summed E-state index contributed by atoms with van der Waals surface area (Å²) in [6.45, 7) is 8.15. The average molecular weight is 524 g/mol. The molecule has 38 heavy (non-hydrogen) atoms. The van der Waals surface area contributed by atoms with E-state index in [0.717, 1.165) is 22.6 Å². The molecule has 0 bridgehead atoms. The number of halogens is 3. The first kappa shape index (κ1) is 27.0. The number of benzene rings is 3. The molecule has 3 aromatic rings. The van der Waals surface area contributed by atoms with Crippen molar-refractivity contribution in [3.05, 3.63) is 100 Å². The number of hydrogen-bond acceptors (Lipinski definition) is 4. The summed E-state index contributed by atoms with van der Waals surface area (Å²) in [6, 6.07) is 15.0. The number of ketones is 1. The van der Waals surface area contributed by atoms with Gasteiger partial charge in [-0.3, -0.25) is 14.5 Å². The van der Waals surface area contributed by atoms with Crippen molar-refractivity contribution in [2.45, 2.75) is 39.9 Å². The molecule has 0 saturated carbocycles. The average Bonchev–Trinajstić information content (AvgIpc) is 3.12. The van der Waals surface area contributed by atoms with E-state index in [1.807, 2.05) is 26.8 Å². The van der Waals surface area contributed by atoms with Gasteiger partial charge in [0.25, 0.3) is 11.7 Å². The number of anilines is 1. The van der Waals surface area contributed by atoms with Crippen molar-refractivity contribution in [2.24, 2.45) is 5.92 Å². The molecule has 0 radical (unpaired) electrons. The monoisotopic (exact) mass is 523 g/mol. The summed E-state index contributed by atoms with van der Waals surface area (Å²) < 4.78 is 46.2. The maximum absolute atomic E-state index is 13.5. The number of carbonyl (C=O) groups is 2. The molecule has 198 valence electrons. The van der Waals surface area contributed by atoms with Gasteiger partial charge >= 0.3 is 6.18 Å². The molecule has 1 atom stereocenters. The topological polar surface area (TPSA) is 66.8 Å². The second-order valence-corrected chi connectivity index (χ2v) is 9.82. The number of aryl methyl sites for hydroxylation is 2. The number of Topliss-reactive ketones (excluding diaryl/α,β-unsaturated/α-hetero) is 1. The number of ether oxygens (including phenoxy) is 1. The van der Waals surface area contributed by atoms with Gasteiger partial charge in [-0.1, -0.05) is 49.7 Å². The molecule has 0 spiro atoms. The molecule has 1 fully saturated rings. The number of alkyl halides is 3. The third-order valence-electron chi connectivity index (χ3n) is 6.27. The first-order chi connectivity index (χ1) is 17.9. The van der Waals surface area contributed by atoms with Crippen molar-refractivity contribution < 1.29 is 32.6 Å². The van der Waals surface area contributed by atoms with Crippen LogP contribution in [-0.2, 0) is 15.8 Å². The molecule has 1 N–H and O–H groups in total. The van der Waals surface area contributed by atoms with E-state index in [1.165, 1.54) is 12.1 Å². The predicted molar refractivity (Wildman–Crippen MR) is 139 cm³/mol. The van der Waals surface area contributed by atoms with E-state index in [2.05, 4.69) is 0 Å². The lowest BCUT2D eigenvalue weighted by Gasteiger charge is -2.26. The van der Waals surface area contributed by atoms with Gasteiger partial charge in [-0.15, -0.1) is 0 Å². The van der Waals surface area contributed by atoms with E-state index in [4.69, 9.17) is 4.74 Å². The Morgan fingerprint density at radius 1 is 1.00 bits per heavy atom. The Kier molecular flexibility index (Phi) is 7.35. The molecule has 3 aromatic carbocycles. The summed E-state index contributed by atoms with van der Waals surface area (Å²) in [7, 11) is 0. The summed E-state index contributed by atoms with van der Waals surface area (Å²) in [5, 5.41) is 11.4. The maximum atomic E-state index is 13.5. The SMILES string of the molecule is Cc1cccc(C2/C(=C(\O)c3ccc(OCC(C)C)c(C)c3)C(=O)C(=O)N2c2cccc(C(F)(F)F)c2)c1. The van der Waals surface area contributed by atoms with Gasteiger partial charge < -0.3 is 9.84 Å². The lowest BCUT2D eigenvalue weighted by molar-refractivity contribution is -0.137. The van der Waals surface area contributed by atoms with E-state index in [0.29, 0.717) is 35.0 Å². The van der Waals surface area contributed by atoms with Crippen molar-refractivity contribution in [1.29, 1.82) is 0 Å². The number of rotatable bonds is 6. The Morgan fingerprint density at radius 2 is 1.71 bits per heavy atom. The minimum absolute atomic E-state index is 0.0962. The van der Waals surface area contributed by atoms with E-state index < -0.39 is 35.2 Å². The highest BCUT2D eigenvalue weighted by Gasteiger charge is 2.47. The fourth-order valence-corrected chi connectivity index (χ4v) is 4.46. The van der Waals surface area contributed by atoms with Crippen LogP contribution >= 0.6 is 0 Å². The summed E-state index contributed by atoms with van der Waals surface area (Å²) in [6.07, 6.45) is -4.64. The van der Waals surface area contributed by atoms with Crippen LogP contribution in [0, 0.1) is 19.8 Å². The van der Waals surface area contributed by atoms with Crippen LogP contribution < -0.4 is 9.64 Å². The van der Waals surface area contributed by atoms with Gasteiger partial charge in [0.15, 0.2) is 0 Å². The smallest absolute Gasteiger partial charge is 0.416 e. The predicted octanol–water partition coefficient (Wildman–Crippen LogP) is 6.98. The van der Waals surface area contributed by atoms with Crippen molar-refractivity contribution in [1.82, 2.24) is 0 Å². The molecule has 1 aliphatic heterocycles. The number of nitrogens with zero attached hydrogens (tertiary/aromatic N) is 1. The van der Waals surface area contributed by atoms with Crippen LogP contribution in [0.5, 0.6) is 5.75 Å². The molecule has 1 unspecified atom stereocenters. The number of carbonyl (C=O) groups excluding carboxylic acids is 2.